The highest BCUT2D eigenvalue weighted by atomic mass is 16.3. The number of benzene rings is 1. The minimum absolute atomic E-state index is 0.201. The van der Waals surface area contributed by atoms with Crippen LogP contribution in [0.2, 0.25) is 0 Å². The fraction of sp³-hybridized carbons (Fsp3) is 0.0909. The summed E-state index contributed by atoms with van der Waals surface area (Å²) in [6.45, 7) is 0. The molecule has 3 N–H and O–H groups in total. The average molecular weight is 189 g/mol. The first-order valence-corrected chi connectivity index (χ1v) is 4.37. The van der Waals surface area contributed by atoms with Crippen molar-refractivity contribution in [3.8, 4) is 5.75 Å². The van der Waals surface area contributed by atoms with Gasteiger partial charge in [0, 0.05) is 11.9 Å². The molecule has 0 aliphatic carbocycles. The van der Waals surface area contributed by atoms with E-state index in [-0.39, 0.29) is 5.75 Å². The SMILES string of the molecule is Oc1ccc(C(O)c2ccc[nH]2)cc1. The van der Waals surface area contributed by atoms with Crippen LogP contribution in [-0.4, -0.2) is 15.2 Å². The molecule has 1 aromatic carbocycles. The van der Waals surface area contributed by atoms with E-state index in [4.69, 9.17) is 5.11 Å². The summed E-state index contributed by atoms with van der Waals surface area (Å²) in [6, 6.07) is 10.2. The van der Waals surface area contributed by atoms with Crippen LogP contribution in [0, 0.1) is 0 Å². The summed E-state index contributed by atoms with van der Waals surface area (Å²) in [5, 5.41) is 18.9. The number of hydrogen-bond donors (Lipinski definition) is 3. The van der Waals surface area contributed by atoms with Gasteiger partial charge in [-0.1, -0.05) is 12.1 Å². The highest BCUT2D eigenvalue weighted by molar-refractivity contribution is 5.31. The van der Waals surface area contributed by atoms with Gasteiger partial charge < -0.3 is 15.2 Å². The summed E-state index contributed by atoms with van der Waals surface area (Å²) in [4.78, 5) is 2.94. The van der Waals surface area contributed by atoms with E-state index in [1.165, 1.54) is 0 Å². The lowest BCUT2D eigenvalue weighted by molar-refractivity contribution is 0.216. The van der Waals surface area contributed by atoms with Crippen LogP contribution in [-0.2, 0) is 0 Å². The van der Waals surface area contributed by atoms with Gasteiger partial charge in [0.1, 0.15) is 11.9 Å². The van der Waals surface area contributed by atoms with Crippen molar-refractivity contribution in [1.29, 1.82) is 0 Å². The maximum atomic E-state index is 9.86. The molecule has 0 radical (unpaired) electrons. The minimum atomic E-state index is -0.661. The molecule has 1 aromatic heterocycles. The summed E-state index contributed by atoms with van der Waals surface area (Å²) < 4.78 is 0. The molecular formula is C11H11NO2. The molecule has 0 saturated heterocycles. The highest BCUT2D eigenvalue weighted by Crippen LogP contribution is 2.21. The number of nitrogens with one attached hydrogen (secondary N) is 1. The van der Waals surface area contributed by atoms with Gasteiger partial charge in [0.05, 0.1) is 0 Å². The molecule has 3 heteroatoms. The molecule has 0 amide bonds. The second-order valence-electron chi connectivity index (χ2n) is 3.12. The number of rotatable bonds is 2. The lowest BCUT2D eigenvalue weighted by Gasteiger charge is -2.08. The Morgan fingerprint density at radius 3 is 2.36 bits per heavy atom. The standard InChI is InChI=1S/C11H11NO2/c13-9-5-3-8(4-6-9)11(14)10-2-1-7-12-10/h1-7,11-14H. The van der Waals surface area contributed by atoms with Crippen LogP contribution in [0.1, 0.15) is 17.4 Å². The maximum Gasteiger partial charge on any atom is 0.119 e. The molecule has 0 saturated carbocycles. The molecule has 1 atom stereocenters. The quantitative estimate of drug-likeness (QED) is 0.674. The Labute approximate surface area is 81.7 Å². The minimum Gasteiger partial charge on any atom is -0.508 e. The third-order valence-corrected chi connectivity index (χ3v) is 2.13. The van der Waals surface area contributed by atoms with Crippen molar-refractivity contribution in [1.82, 2.24) is 4.98 Å². The van der Waals surface area contributed by atoms with Crippen LogP contribution in [0.3, 0.4) is 0 Å². The summed E-state index contributed by atoms with van der Waals surface area (Å²) in [6.07, 6.45) is 1.10. The predicted octanol–water partition coefficient (Wildman–Crippen LogP) is 1.80. The molecule has 0 aliphatic rings. The van der Waals surface area contributed by atoms with Gasteiger partial charge in [-0.25, -0.2) is 0 Å². The van der Waals surface area contributed by atoms with Crippen molar-refractivity contribution in [3.63, 3.8) is 0 Å². The van der Waals surface area contributed by atoms with Crippen molar-refractivity contribution in [2.24, 2.45) is 0 Å². The molecule has 2 aromatic rings. The van der Waals surface area contributed by atoms with Crippen molar-refractivity contribution in [2.75, 3.05) is 0 Å². The molecule has 72 valence electrons. The monoisotopic (exact) mass is 189 g/mol. The van der Waals surface area contributed by atoms with Crippen molar-refractivity contribution in [2.45, 2.75) is 6.10 Å². The van der Waals surface area contributed by atoms with E-state index in [2.05, 4.69) is 4.98 Å². The fourth-order valence-corrected chi connectivity index (χ4v) is 1.35. The number of phenolic OH excluding ortho intramolecular Hbond substituents is 1. The Hall–Kier alpha value is -1.74. The Kier molecular flexibility index (Phi) is 2.24. The van der Waals surface area contributed by atoms with Gasteiger partial charge in [0.2, 0.25) is 0 Å². The molecule has 0 spiro atoms. The Morgan fingerprint density at radius 1 is 1.07 bits per heavy atom. The summed E-state index contributed by atoms with van der Waals surface area (Å²) in [7, 11) is 0. The number of phenols is 1. The van der Waals surface area contributed by atoms with Crippen LogP contribution in [0.15, 0.2) is 42.6 Å². The zero-order valence-electron chi connectivity index (χ0n) is 7.51. The van der Waals surface area contributed by atoms with Crippen molar-refractivity contribution >= 4 is 0 Å². The zero-order valence-corrected chi connectivity index (χ0v) is 7.51. The Morgan fingerprint density at radius 2 is 1.79 bits per heavy atom. The summed E-state index contributed by atoms with van der Waals surface area (Å²) >= 11 is 0. The molecule has 2 rings (SSSR count). The normalized spacial score (nSPS) is 12.6. The Bertz CT molecular complexity index is 392. The molecular weight excluding hydrogens is 178 g/mol. The highest BCUT2D eigenvalue weighted by Gasteiger charge is 2.09. The number of aromatic nitrogens is 1. The summed E-state index contributed by atoms with van der Waals surface area (Å²) in [5.41, 5.74) is 1.50. The number of aromatic amines is 1. The summed E-state index contributed by atoms with van der Waals surface area (Å²) in [5.74, 6) is 0.201. The first-order chi connectivity index (χ1) is 6.77. The lowest BCUT2D eigenvalue weighted by Crippen LogP contribution is -1.98. The topological polar surface area (TPSA) is 56.2 Å². The van der Waals surface area contributed by atoms with Gasteiger partial charge in [0.15, 0.2) is 0 Å². The van der Waals surface area contributed by atoms with Gasteiger partial charge in [-0.05, 0) is 29.8 Å². The van der Waals surface area contributed by atoms with Crippen LogP contribution in [0.5, 0.6) is 5.75 Å². The third-order valence-electron chi connectivity index (χ3n) is 2.13. The third kappa shape index (κ3) is 1.63. The van der Waals surface area contributed by atoms with Gasteiger partial charge >= 0.3 is 0 Å². The molecule has 1 heterocycles. The van der Waals surface area contributed by atoms with E-state index >= 15 is 0 Å². The molecule has 14 heavy (non-hydrogen) atoms. The van der Waals surface area contributed by atoms with Gasteiger partial charge in [0.25, 0.3) is 0 Å². The Balaban J connectivity index is 2.28. The van der Waals surface area contributed by atoms with Gasteiger partial charge in [-0.15, -0.1) is 0 Å². The van der Waals surface area contributed by atoms with E-state index in [1.807, 2.05) is 12.1 Å². The van der Waals surface area contributed by atoms with Gasteiger partial charge in [-0.2, -0.15) is 0 Å². The van der Waals surface area contributed by atoms with E-state index in [9.17, 15) is 5.11 Å². The average Bonchev–Trinajstić information content (AvgIpc) is 2.71. The smallest absolute Gasteiger partial charge is 0.119 e. The molecule has 0 fully saturated rings. The van der Waals surface area contributed by atoms with Crippen molar-refractivity contribution < 1.29 is 10.2 Å². The van der Waals surface area contributed by atoms with E-state index in [0.717, 1.165) is 11.3 Å². The second kappa shape index (κ2) is 3.55. The maximum absolute atomic E-state index is 9.86. The fourth-order valence-electron chi connectivity index (χ4n) is 1.35. The second-order valence-corrected chi connectivity index (χ2v) is 3.12. The number of H-pyrrole nitrogens is 1. The van der Waals surface area contributed by atoms with E-state index in [0.29, 0.717) is 0 Å². The predicted molar refractivity (Wildman–Crippen MR) is 53.0 cm³/mol. The zero-order chi connectivity index (χ0) is 9.97. The number of hydrogen-bond acceptors (Lipinski definition) is 2. The van der Waals surface area contributed by atoms with E-state index in [1.54, 1.807) is 30.5 Å². The van der Waals surface area contributed by atoms with Crippen molar-refractivity contribution in [3.05, 3.63) is 53.9 Å². The largest absolute Gasteiger partial charge is 0.508 e. The number of aromatic hydroxyl groups is 1. The van der Waals surface area contributed by atoms with E-state index < -0.39 is 6.10 Å². The van der Waals surface area contributed by atoms with Crippen LogP contribution >= 0.6 is 0 Å². The van der Waals surface area contributed by atoms with Crippen LogP contribution in [0.25, 0.3) is 0 Å². The number of aliphatic hydroxyl groups is 1. The lowest BCUT2D eigenvalue weighted by atomic mass is 10.1. The molecule has 3 nitrogen and oxygen atoms in total. The van der Waals surface area contributed by atoms with Crippen LogP contribution in [0.4, 0.5) is 0 Å². The molecule has 0 bridgehead atoms. The first-order valence-electron chi connectivity index (χ1n) is 4.37. The van der Waals surface area contributed by atoms with Gasteiger partial charge in [-0.3, -0.25) is 0 Å². The molecule has 1 unspecified atom stereocenters. The first kappa shape index (κ1) is 8.84. The van der Waals surface area contributed by atoms with Crippen LogP contribution < -0.4 is 0 Å². The number of aliphatic hydroxyl groups excluding tert-OH is 1. The molecule has 0 aliphatic heterocycles.